The van der Waals surface area contributed by atoms with E-state index in [9.17, 15) is 13.6 Å². The van der Waals surface area contributed by atoms with E-state index in [-0.39, 0.29) is 16.2 Å². The minimum atomic E-state index is -0.846. The standard InChI is InChI=1S/C14H9ClF2N2OS/c15-8-1-2-11(13(18)21)12(5-8)19-14(20)7-3-9(16)6-10(17)4-7/h1-6H,(H2,18,21)(H,19,20). The maximum Gasteiger partial charge on any atom is 0.255 e. The SMILES string of the molecule is NC(=S)c1ccc(Cl)cc1NC(=O)c1cc(F)cc(F)c1. The average Bonchev–Trinajstić information content (AvgIpc) is 2.37. The van der Waals surface area contributed by atoms with Gasteiger partial charge in [0.15, 0.2) is 0 Å². The summed E-state index contributed by atoms with van der Waals surface area (Å²) in [4.78, 5) is 12.1. The molecule has 0 aliphatic heterocycles. The normalized spacial score (nSPS) is 10.2. The second-order valence-electron chi connectivity index (χ2n) is 4.17. The number of carbonyl (C=O) groups is 1. The van der Waals surface area contributed by atoms with Crippen LogP contribution in [0.5, 0.6) is 0 Å². The third-order valence-corrected chi connectivity index (χ3v) is 3.08. The molecule has 0 heterocycles. The molecule has 2 aromatic carbocycles. The fraction of sp³-hybridized carbons (Fsp3) is 0. The Kier molecular flexibility index (Phi) is 4.50. The summed E-state index contributed by atoms with van der Waals surface area (Å²) in [6.45, 7) is 0. The van der Waals surface area contributed by atoms with Gasteiger partial charge in [-0.15, -0.1) is 0 Å². The van der Waals surface area contributed by atoms with Gasteiger partial charge in [0.1, 0.15) is 16.6 Å². The molecule has 0 saturated carbocycles. The van der Waals surface area contributed by atoms with Crippen molar-refractivity contribution in [2.75, 3.05) is 5.32 Å². The number of hydrogen-bond donors (Lipinski definition) is 2. The van der Waals surface area contributed by atoms with Gasteiger partial charge in [-0.2, -0.15) is 0 Å². The number of amides is 1. The van der Waals surface area contributed by atoms with Crippen LogP contribution in [0.3, 0.4) is 0 Å². The molecule has 0 aliphatic carbocycles. The maximum absolute atomic E-state index is 13.1. The Morgan fingerprint density at radius 2 is 1.76 bits per heavy atom. The van der Waals surface area contributed by atoms with Crippen LogP contribution in [0.2, 0.25) is 5.02 Å². The Labute approximate surface area is 129 Å². The molecule has 0 bridgehead atoms. The third kappa shape index (κ3) is 3.74. The zero-order chi connectivity index (χ0) is 15.6. The average molecular weight is 327 g/mol. The van der Waals surface area contributed by atoms with Crippen molar-refractivity contribution >= 4 is 40.4 Å². The predicted molar refractivity (Wildman–Crippen MR) is 81.7 cm³/mol. The van der Waals surface area contributed by atoms with E-state index in [1.165, 1.54) is 6.07 Å². The molecule has 1 amide bonds. The van der Waals surface area contributed by atoms with Gasteiger partial charge in [0, 0.05) is 22.2 Å². The molecule has 2 aromatic rings. The monoisotopic (exact) mass is 326 g/mol. The van der Waals surface area contributed by atoms with E-state index in [0.717, 1.165) is 12.1 Å². The first-order valence-corrected chi connectivity index (χ1v) is 6.52. The summed E-state index contributed by atoms with van der Waals surface area (Å²) in [5.41, 5.74) is 6.05. The van der Waals surface area contributed by atoms with E-state index in [2.05, 4.69) is 5.32 Å². The molecule has 0 spiro atoms. The van der Waals surface area contributed by atoms with Crippen LogP contribution in [0, 0.1) is 11.6 Å². The number of carbonyl (C=O) groups excluding carboxylic acids is 1. The van der Waals surface area contributed by atoms with Crippen LogP contribution in [0.4, 0.5) is 14.5 Å². The van der Waals surface area contributed by atoms with Crippen LogP contribution in [0.25, 0.3) is 0 Å². The molecule has 0 radical (unpaired) electrons. The molecule has 3 N–H and O–H groups in total. The molecule has 108 valence electrons. The molecule has 0 saturated heterocycles. The number of hydrogen-bond acceptors (Lipinski definition) is 2. The first kappa shape index (κ1) is 15.3. The van der Waals surface area contributed by atoms with Gasteiger partial charge in [0.25, 0.3) is 5.91 Å². The van der Waals surface area contributed by atoms with Crippen LogP contribution in [0.15, 0.2) is 36.4 Å². The largest absolute Gasteiger partial charge is 0.389 e. The van der Waals surface area contributed by atoms with Gasteiger partial charge in [0.05, 0.1) is 5.69 Å². The van der Waals surface area contributed by atoms with Crippen molar-refractivity contribution in [1.82, 2.24) is 0 Å². The molecule has 7 heteroatoms. The number of rotatable bonds is 3. The summed E-state index contributed by atoms with van der Waals surface area (Å²) in [6, 6.07) is 7.08. The van der Waals surface area contributed by atoms with Gasteiger partial charge in [-0.3, -0.25) is 4.79 Å². The van der Waals surface area contributed by atoms with Crippen LogP contribution in [-0.4, -0.2) is 10.9 Å². The lowest BCUT2D eigenvalue weighted by molar-refractivity contribution is 0.102. The molecule has 3 nitrogen and oxygen atoms in total. The predicted octanol–water partition coefficient (Wildman–Crippen LogP) is 3.50. The number of benzene rings is 2. The summed E-state index contributed by atoms with van der Waals surface area (Å²) in [5, 5.41) is 2.84. The van der Waals surface area contributed by atoms with Gasteiger partial charge < -0.3 is 11.1 Å². The van der Waals surface area contributed by atoms with Gasteiger partial charge in [-0.05, 0) is 30.3 Å². The highest BCUT2D eigenvalue weighted by Gasteiger charge is 2.13. The molecule has 0 aliphatic rings. The summed E-state index contributed by atoms with van der Waals surface area (Å²) in [6.07, 6.45) is 0. The quantitative estimate of drug-likeness (QED) is 0.849. The van der Waals surface area contributed by atoms with Crippen LogP contribution in [0.1, 0.15) is 15.9 Å². The van der Waals surface area contributed by atoms with E-state index in [1.54, 1.807) is 12.1 Å². The second-order valence-corrected chi connectivity index (χ2v) is 5.04. The molecule has 2 rings (SSSR count). The van der Waals surface area contributed by atoms with Crippen molar-refractivity contribution in [2.45, 2.75) is 0 Å². The van der Waals surface area contributed by atoms with Gasteiger partial charge in [-0.1, -0.05) is 23.8 Å². The van der Waals surface area contributed by atoms with E-state index in [1.807, 2.05) is 0 Å². The Morgan fingerprint density at radius 1 is 1.14 bits per heavy atom. The number of thiocarbonyl (C=S) groups is 1. The molecular formula is C14H9ClF2N2OS. The molecule has 0 unspecified atom stereocenters. The smallest absolute Gasteiger partial charge is 0.255 e. The van der Waals surface area contributed by atoms with Gasteiger partial charge in [-0.25, -0.2) is 8.78 Å². The Morgan fingerprint density at radius 3 is 2.33 bits per heavy atom. The number of halogens is 3. The van der Waals surface area contributed by atoms with Crippen LogP contribution >= 0.6 is 23.8 Å². The zero-order valence-electron chi connectivity index (χ0n) is 10.5. The number of nitrogens with one attached hydrogen (secondary N) is 1. The van der Waals surface area contributed by atoms with Crippen molar-refractivity contribution in [3.8, 4) is 0 Å². The lowest BCUT2D eigenvalue weighted by atomic mass is 10.1. The summed E-state index contributed by atoms with van der Waals surface area (Å²) >= 11 is 10.7. The molecule has 21 heavy (non-hydrogen) atoms. The van der Waals surface area contributed by atoms with Crippen molar-refractivity contribution in [3.63, 3.8) is 0 Å². The Balaban J connectivity index is 2.35. The highest BCUT2D eigenvalue weighted by atomic mass is 35.5. The van der Waals surface area contributed by atoms with Crippen molar-refractivity contribution in [2.24, 2.45) is 5.73 Å². The molecule has 0 fully saturated rings. The first-order chi connectivity index (χ1) is 9.86. The summed E-state index contributed by atoms with van der Waals surface area (Å²) < 4.78 is 26.2. The number of nitrogens with two attached hydrogens (primary N) is 1. The summed E-state index contributed by atoms with van der Waals surface area (Å²) in [7, 11) is 0. The molecular weight excluding hydrogens is 318 g/mol. The minimum absolute atomic E-state index is 0.0624. The minimum Gasteiger partial charge on any atom is -0.389 e. The topological polar surface area (TPSA) is 55.1 Å². The Hall–Kier alpha value is -2.05. The van der Waals surface area contributed by atoms with Crippen LogP contribution in [-0.2, 0) is 0 Å². The van der Waals surface area contributed by atoms with Gasteiger partial charge in [0.2, 0.25) is 0 Å². The van der Waals surface area contributed by atoms with Crippen LogP contribution < -0.4 is 11.1 Å². The summed E-state index contributed by atoms with van der Waals surface area (Å²) in [5.74, 6) is -2.39. The number of anilines is 1. The van der Waals surface area contributed by atoms with Crippen molar-refractivity contribution < 1.29 is 13.6 Å². The van der Waals surface area contributed by atoms with E-state index < -0.39 is 17.5 Å². The third-order valence-electron chi connectivity index (χ3n) is 2.62. The van der Waals surface area contributed by atoms with E-state index >= 15 is 0 Å². The van der Waals surface area contributed by atoms with Crippen molar-refractivity contribution in [3.05, 3.63) is 64.2 Å². The lowest BCUT2D eigenvalue weighted by Crippen LogP contribution is -2.18. The highest BCUT2D eigenvalue weighted by Crippen LogP contribution is 2.22. The fourth-order valence-electron chi connectivity index (χ4n) is 1.71. The van der Waals surface area contributed by atoms with E-state index in [0.29, 0.717) is 16.7 Å². The maximum atomic E-state index is 13.1. The van der Waals surface area contributed by atoms with Gasteiger partial charge >= 0.3 is 0 Å². The van der Waals surface area contributed by atoms with E-state index in [4.69, 9.17) is 29.6 Å². The highest BCUT2D eigenvalue weighted by molar-refractivity contribution is 7.80. The molecule has 0 atom stereocenters. The fourth-order valence-corrected chi connectivity index (χ4v) is 2.06. The van der Waals surface area contributed by atoms with Crippen molar-refractivity contribution in [1.29, 1.82) is 0 Å². The molecule has 0 aromatic heterocycles. The zero-order valence-corrected chi connectivity index (χ0v) is 12.1. The Bertz CT molecular complexity index is 717. The second kappa shape index (κ2) is 6.15. The first-order valence-electron chi connectivity index (χ1n) is 5.73. The lowest BCUT2D eigenvalue weighted by Gasteiger charge is -2.11.